The molecule has 0 aliphatic heterocycles. The molecule has 0 unspecified atom stereocenters. The largest absolute Gasteiger partial charge is 0.399 e. The molecule has 0 aliphatic carbocycles. The lowest BCUT2D eigenvalue weighted by molar-refractivity contribution is 1.20. The van der Waals surface area contributed by atoms with Gasteiger partial charge in [-0.25, -0.2) is 4.98 Å². The van der Waals surface area contributed by atoms with Gasteiger partial charge in [0, 0.05) is 10.7 Å². The first-order chi connectivity index (χ1) is 12.7. The molecule has 0 atom stereocenters. The Balaban J connectivity index is 1.66. The van der Waals surface area contributed by atoms with Crippen LogP contribution in [-0.4, -0.2) is 9.97 Å². The van der Waals surface area contributed by atoms with Crippen LogP contribution in [0.15, 0.2) is 66.7 Å². The monoisotopic (exact) mass is 359 g/mol. The third kappa shape index (κ3) is 3.48. The normalized spacial score (nSPS) is 11.4. The third-order valence-corrected chi connectivity index (χ3v) is 4.65. The van der Waals surface area contributed by atoms with E-state index >= 15 is 0 Å². The first kappa shape index (κ1) is 16.4. The van der Waals surface area contributed by atoms with E-state index in [9.17, 15) is 0 Å². The Bertz CT molecular complexity index is 1080. The van der Waals surface area contributed by atoms with Crippen LogP contribution >= 0.6 is 11.6 Å². The van der Waals surface area contributed by atoms with Crippen LogP contribution in [0.3, 0.4) is 0 Å². The molecule has 0 aliphatic rings. The molecule has 1 aromatic heterocycles. The lowest BCUT2D eigenvalue weighted by atomic mass is 10.0. The van der Waals surface area contributed by atoms with E-state index < -0.39 is 0 Å². The van der Waals surface area contributed by atoms with Crippen LogP contribution in [0, 0.1) is 0 Å². The van der Waals surface area contributed by atoms with E-state index in [4.69, 9.17) is 17.3 Å². The fourth-order valence-corrected chi connectivity index (χ4v) is 3.19. The Morgan fingerprint density at radius 1 is 0.962 bits per heavy atom. The number of nitrogens with one attached hydrogen (secondary N) is 1. The Labute approximate surface area is 157 Å². The van der Waals surface area contributed by atoms with E-state index in [1.807, 2.05) is 36.4 Å². The van der Waals surface area contributed by atoms with Gasteiger partial charge >= 0.3 is 0 Å². The highest BCUT2D eigenvalue weighted by molar-refractivity contribution is 6.32. The SMILES string of the molecule is Nc1ccc(Cl)c(/C=C/c2nc3cccc(Cc4ccccc4)c3[nH]2)c1. The number of hydrogen-bond donors (Lipinski definition) is 2. The van der Waals surface area contributed by atoms with Gasteiger partial charge in [-0.1, -0.05) is 54.1 Å². The molecule has 3 nitrogen and oxygen atoms in total. The summed E-state index contributed by atoms with van der Waals surface area (Å²) in [6.07, 6.45) is 4.71. The minimum Gasteiger partial charge on any atom is -0.399 e. The molecule has 4 heteroatoms. The molecule has 0 saturated carbocycles. The van der Waals surface area contributed by atoms with Crippen LogP contribution < -0.4 is 5.73 Å². The van der Waals surface area contributed by atoms with Gasteiger partial charge in [-0.15, -0.1) is 0 Å². The first-order valence-electron chi connectivity index (χ1n) is 8.44. The maximum atomic E-state index is 6.22. The molecule has 4 rings (SSSR count). The fraction of sp³-hybridized carbons (Fsp3) is 0.0455. The lowest BCUT2D eigenvalue weighted by Gasteiger charge is -2.02. The van der Waals surface area contributed by atoms with Crippen LogP contribution in [0.5, 0.6) is 0 Å². The van der Waals surface area contributed by atoms with Crippen LogP contribution in [0.1, 0.15) is 22.5 Å². The quantitative estimate of drug-likeness (QED) is 0.469. The summed E-state index contributed by atoms with van der Waals surface area (Å²) >= 11 is 6.22. The van der Waals surface area contributed by atoms with Crippen molar-refractivity contribution in [3.63, 3.8) is 0 Å². The van der Waals surface area contributed by atoms with E-state index in [1.165, 1.54) is 11.1 Å². The van der Waals surface area contributed by atoms with Gasteiger partial charge < -0.3 is 10.7 Å². The number of hydrogen-bond acceptors (Lipinski definition) is 2. The molecule has 0 bridgehead atoms. The van der Waals surface area contributed by atoms with Crippen molar-refractivity contribution in [3.8, 4) is 0 Å². The number of anilines is 1. The van der Waals surface area contributed by atoms with Gasteiger partial charge in [0.05, 0.1) is 11.0 Å². The minimum atomic E-state index is 0.663. The van der Waals surface area contributed by atoms with Gasteiger partial charge in [-0.2, -0.15) is 0 Å². The van der Waals surface area contributed by atoms with Crippen molar-refractivity contribution < 1.29 is 0 Å². The van der Waals surface area contributed by atoms with Crippen molar-refractivity contribution in [2.75, 3.05) is 5.73 Å². The predicted octanol–water partition coefficient (Wildman–Crippen LogP) is 5.56. The number of fused-ring (bicyclic) bond motifs is 1. The molecular formula is C22H18ClN3. The summed E-state index contributed by atoms with van der Waals surface area (Å²) in [4.78, 5) is 8.08. The van der Waals surface area contributed by atoms with E-state index in [-0.39, 0.29) is 0 Å². The minimum absolute atomic E-state index is 0.663. The maximum absolute atomic E-state index is 6.22. The molecule has 0 amide bonds. The number of benzene rings is 3. The lowest BCUT2D eigenvalue weighted by Crippen LogP contribution is -1.89. The zero-order valence-corrected chi connectivity index (χ0v) is 14.9. The summed E-state index contributed by atoms with van der Waals surface area (Å²) in [5.74, 6) is 0.791. The smallest absolute Gasteiger partial charge is 0.131 e. The Kier molecular flexibility index (Phi) is 4.46. The van der Waals surface area contributed by atoms with E-state index in [0.29, 0.717) is 10.7 Å². The number of H-pyrrole nitrogens is 1. The molecule has 4 aromatic rings. The highest BCUT2D eigenvalue weighted by Crippen LogP contribution is 2.23. The van der Waals surface area contributed by atoms with Gasteiger partial charge in [0.2, 0.25) is 0 Å². The molecule has 0 fully saturated rings. The molecule has 26 heavy (non-hydrogen) atoms. The predicted molar refractivity (Wildman–Crippen MR) is 110 cm³/mol. The third-order valence-electron chi connectivity index (χ3n) is 4.30. The zero-order chi connectivity index (χ0) is 17.9. The number of nitrogen functional groups attached to an aromatic ring is 1. The number of aromatic nitrogens is 2. The Morgan fingerprint density at radius 2 is 1.81 bits per heavy atom. The highest BCUT2D eigenvalue weighted by atomic mass is 35.5. The van der Waals surface area contributed by atoms with Crippen molar-refractivity contribution >= 4 is 40.5 Å². The molecular weight excluding hydrogens is 342 g/mol. The second-order valence-corrected chi connectivity index (χ2v) is 6.62. The zero-order valence-electron chi connectivity index (χ0n) is 14.1. The Morgan fingerprint density at radius 3 is 2.65 bits per heavy atom. The van der Waals surface area contributed by atoms with Gasteiger partial charge in [0.15, 0.2) is 0 Å². The van der Waals surface area contributed by atoms with Gasteiger partial charge in [0.25, 0.3) is 0 Å². The molecule has 0 radical (unpaired) electrons. The van der Waals surface area contributed by atoms with Crippen LogP contribution in [0.25, 0.3) is 23.2 Å². The first-order valence-corrected chi connectivity index (χ1v) is 8.81. The molecule has 1 heterocycles. The summed E-state index contributed by atoms with van der Waals surface area (Å²) in [5.41, 5.74) is 11.9. The second-order valence-electron chi connectivity index (χ2n) is 6.21. The molecule has 0 spiro atoms. The average molecular weight is 360 g/mol. The fourth-order valence-electron chi connectivity index (χ4n) is 3.01. The van der Waals surface area contributed by atoms with Crippen LogP contribution in [0.4, 0.5) is 5.69 Å². The second kappa shape index (κ2) is 7.06. The van der Waals surface area contributed by atoms with Gasteiger partial charge in [-0.3, -0.25) is 0 Å². The van der Waals surface area contributed by atoms with Gasteiger partial charge in [0.1, 0.15) is 5.82 Å². The number of halogens is 1. The van der Waals surface area contributed by atoms with Crippen LogP contribution in [0.2, 0.25) is 5.02 Å². The summed E-state index contributed by atoms with van der Waals surface area (Å²) in [6, 6.07) is 22.1. The average Bonchev–Trinajstić information content (AvgIpc) is 3.07. The number of nitrogens with two attached hydrogens (primary N) is 1. The topological polar surface area (TPSA) is 54.7 Å². The van der Waals surface area contributed by atoms with Crippen molar-refractivity contribution in [2.45, 2.75) is 6.42 Å². The van der Waals surface area contributed by atoms with E-state index in [0.717, 1.165) is 28.8 Å². The summed E-state index contributed by atoms with van der Waals surface area (Å²) < 4.78 is 0. The summed E-state index contributed by atoms with van der Waals surface area (Å²) in [6.45, 7) is 0. The van der Waals surface area contributed by atoms with Crippen LogP contribution in [-0.2, 0) is 6.42 Å². The number of rotatable bonds is 4. The highest BCUT2D eigenvalue weighted by Gasteiger charge is 2.07. The van der Waals surface area contributed by atoms with E-state index in [2.05, 4.69) is 40.3 Å². The summed E-state index contributed by atoms with van der Waals surface area (Å²) in [5, 5.41) is 0.663. The number of aromatic amines is 1. The standard InChI is InChI=1S/C22H18ClN3/c23-19-11-10-18(24)14-16(19)9-12-21-25-20-8-4-7-17(22(20)26-21)13-15-5-2-1-3-6-15/h1-12,14H,13,24H2,(H,25,26)/b12-9+. The van der Waals surface area contributed by atoms with Gasteiger partial charge in [-0.05, 0) is 59.5 Å². The van der Waals surface area contributed by atoms with E-state index in [1.54, 1.807) is 12.1 Å². The van der Waals surface area contributed by atoms with Crippen molar-refractivity contribution in [2.24, 2.45) is 0 Å². The number of imidazole rings is 1. The molecule has 3 aromatic carbocycles. The Hall–Kier alpha value is -3.04. The van der Waals surface area contributed by atoms with Crippen molar-refractivity contribution in [1.29, 1.82) is 0 Å². The maximum Gasteiger partial charge on any atom is 0.131 e. The summed E-state index contributed by atoms with van der Waals surface area (Å²) in [7, 11) is 0. The van der Waals surface area contributed by atoms with Crippen molar-refractivity contribution in [3.05, 3.63) is 94.3 Å². The molecule has 3 N–H and O–H groups in total. The number of nitrogens with zero attached hydrogens (tertiary/aromatic N) is 1. The molecule has 128 valence electrons. The number of para-hydroxylation sites is 1. The van der Waals surface area contributed by atoms with Crippen molar-refractivity contribution in [1.82, 2.24) is 9.97 Å². The molecule has 0 saturated heterocycles.